The van der Waals surface area contributed by atoms with E-state index in [4.69, 9.17) is 0 Å². The third-order valence-corrected chi connectivity index (χ3v) is 3.45. The van der Waals surface area contributed by atoms with Crippen molar-refractivity contribution in [2.75, 3.05) is 0 Å². The highest BCUT2D eigenvalue weighted by Gasteiger charge is 2.13. The second-order valence-electron chi connectivity index (χ2n) is 3.19. The van der Waals surface area contributed by atoms with Crippen LogP contribution in [0.4, 0.5) is 0 Å². The minimum absolute atomic E-state index is 0.599. The molecule has 0 aliphatic carbocycles. The normalized spacial score (nSPS) is 12.7. The summed E-state index contributed by atoms with van der Waals surface area (Å²) in [6.45, 7) is 2.10. The molecule has 0 aliphatic rings. The summed E-state index contributed by atoms with van der Waals surface area (Å²) in [5.74, 6) is 0. The molecule has 0 bridgehead atoms. The zero-order valence-corrected chi connectivity index (χ0v) is 9.24. The SMILES string of the molecule is CCc1ccc(C(O)c2cnccn2)s1. The Morgan fingerprint density at radius 3 is 2.87 bits per heavy atom. The predicted molar refractivity (Wildman–Crippen MR) is 59.8 cm³/mol. The number of hydrogen-bond donors (Lipinski definition) is 1. The van der Waals surface area contributed by atoms with Gasteiger partial charge in [0.2, 0.25) is 0 Å². The van der Waals surface area contributed by atoms with Crippen LogP contribution in [0.15, 0.2) is 30.7 Å². The summed E-state index contributed by atoms with van der Waals surface area (Å²) in [6.07, 6.45) is 5.13. The van der Waals surface area contributed by atoms with Crippen LogP contribution in [0.3, 0.4) is 0 Å². The van der Waals surface area contributed by atoms with E-state index >= 15 is 0 Å². The summed E-state index contributed by atoms with van der Waals surface area (Å²) < 4.78 is 0. The van der Waals surface area contributed by atoms with Crippen molar-refractivity contribution in [2.45, 2.75) is 19.4 Å². The zero-order chi connectivity index (χ0) is 10.7. The maximum absolute atomic E-state index is 10.0. The average Bonchev–Trinajstić information content (AvgIpc) is 2.78. The fourth-order valence-corrected chi connectivity index (χ4v) is 2.28. The molecule has 0 saturated heterocycles. The smallest absolute Gasteiger partial charge is 0.132 e. The highest BCUT2D eigenvalue weighted by atomic mass is 32.1. The molecule has 2 rings (SSSR count). The molecule has 1 atom stereocenters. The molecule has 3 nitrogen and oxygen atoms in total. The number of aromatic nitrogens is 2. The Labute approximate surface area is 92.5 Å². The Balaban J connectivity index is 2.24. The van der Waals surface area contributed by atoms with Crippen LogP contribution in [0, 0.1) is 0 Å². The van der Waals surface area contributed by atoms with Crippen LogP contribution in [-0.2, 0) is 6.42 Å². The molecular weight excluding hydrogens is 208 g/mol. The van der Waals surface area contributed by atoms with Gasteiger partial charge in [-0.05, 0) is 18.6 Å². The minimum atomic E-state index is -0.649. The number of nitrogens with zero attached hydrogens (tertiary/aromatic N) is 2. The second kappa shape index (κ2) is 4.51. The van der Waals surface area contributed by atoms with Crippen molar-refractivity contribution in [1.29, 1.82) is 0 Å². The van der Waals surface area contributed by atoms with Gasteiger partial charge in [0.15, 0.2) is 0 Å². The molecule has 0 spiro atoms. The highest BCUT2D eigenvalue weighted by molar-refractivity contribution is 7.12. The maximum atomic E-state index is 10.0. The lowest BCUT2D eigenvalue weighted by Crippen LogP contribution is -2.00. The van der Waals surface area contributed by atoms with Gasteiger partial charge in [-0.1, -0.05) is 6.92 Å². The van der Waals surface area contributed by atoms with Crippen LogP contribution in [0.1, 0.15) is 28.5 Å². The molecule has 2 aromatic heterocycles. The Morgan fingerprint density at radius 2 is 2.27 bits per heavy atom. The van der Waals surface area contributed by atoms with E-state index in [0.29, 0.717) is 5.69 Å². The van der Waals surface area contributed by atoms with Crippen molar-refractivity contribution in [3.63, 3.8) is 0 Å². The van der Waals surface area contributed by atoms with Gasteiger partial charge in [0.05, 0.1) is 11.9 Å². The topological polar surface area (TPSA) is 46.0 Å². The van der Waals surface area contributed by atoms with Gasteiger partial charge in [0.1, 0.15) is 6.10 Å². The molecule has 1 N–H and O–H groups in total. The summed E-state index contributed by atoms with van der Waals surface area (Å²) in [5.41, 5.74) is 0.599. The third kappa shape index (κ3) is 2.22. The monoisotopic (exact) mass is 220 g/mol. The number of rotatable bonds is 3. The Hall–Kier alpha value is -1.26. The van der Waals surface area contributed by atoms with Crippen LogP contribution in [0.2, 0.25) is 0 Å². The first kappa shape index (κ1) is 10.3. The van der Waals surface area contributed by atoms with E-state index in [1.807, 2.05) is 12.1 Å². The molecule has 0 radical (unpaired) electrons. The van der Waals surface area contributed by atoms with E-state index in [0.717, 1.165) is 11.3 Å². The number of hydrogen-bond acceptors (Lipinski definition) is 4. The van der Waals surface area contributed by atoms with Crippen molar-refractivity contribution in [2.24, 2.45) is 0 Å². The first-order valence-electron chi connectivity index (χ1n) is 4.84. The molecule has 78 valence electrons. The van der Waals surface area contributed by atoms with Gasteiger partial charge < -0.3 is 5.11 Å². The Bertz CT molecular complexity index is 427. The Morgan fingerprint density at radius 1 is 1.40 bits per heavy atom. The quantitative estimate of drug-likeness (QED) is 0.862. The first-order valence-corrected chi connectivity index (χ1v) is 5.65. The van der Waals surface area contributed by atoms with Crippen molar-refractivity contribution < 1.29 is 5.11 Å². The first-order chi connectivity index (χ1) is 7.31. The average molecular weight is 220 g/mol. The fraction of sp³-hybridized carbons (Fsp3) is 0.273. The Kier molecular flexibility index (Phi) is 3.08. The molecule has 2 heterocycles. The van der Waals surface area contributed by atoms with Crippen molar-refractivity contribution in [3.05, 3.63) is 46.2 Å². The van der Waals surface area contributed by atoms with Gasteiger partial charge in [-0.15, -0.1) is 11.3 Å². The van der Waals surface area contributed by atoms with Crippen LogP contribution in [0.25, 0.3) is 0 Å². The predicted octanol–water partition coefficient (Wildman–Crippen LogP) is 2.18. The van der Waals surface area contributed by atoms with Crippen LogP contribution in [0.5, 0.6) is 0 Å². The summed E-state index contributed by atoms with van der Waals surface area (Å²) in [4.78, 5) is 10.2. The minimum Gasteiger partial charge on any atom is -0.381 e. The van der Waals surface area contributed by atoms with E-state index < -0.39 is 6.10 Å². The molecule has 15 heavy (non-hydrogen) atoms. The number of aliphatic hydroxyl groups is 1. The molecule has 0 saturated carbocycles. The number of aryl methyl sites for hydroxylation is 1. The fourth-order valence-electron chi connectivity index (χ4n) is 1.33. The molecule has 1 unspecified atom stereocenters. The molecule has 4 heteroatoms. The number of aliphatic hydroxyl groups excluding tert-OH is 1. The van der Waals surface area contributed by atoms with E-state index in [2.05, 4.69) is 16.9 Å². The zero-order valence-electron chi connectivity index (χ0n) is 8.42. The van der Waals surface area contributed by atoms with Crippen LogP contribution < -0.4 is 0 Å². The maximum Gasteiger partial charge on any atom is 0.132 e. The summed E-state index contributed by atoms with van der Waals surface area (Å²) in [6, 6.07) is 3.99. The van der Waals surface area contributed by atoms with E-state index in [-0.39, 0.29) is 0 Å². The molecule has 0 aliphatic heterocycles. The molecular formula is C11H12N2OS. The van der Waals surface area contributed by atoms with Crippen LogP contribution in [-0.4, -0.2) is 15.1 Å². The van der Waals surface area contributed by atoms with Gasteiger partial charge in [-0.2, -0.15) is 0 Å². The summed E-state index contributed by atoms with van der Waals surface area (Å²) in [7, 11) is 0. The molecule has 0 amide bonds. The van der Waals surface area contributed by atoms with Gasteiger partial charge >= 0.3 is 0 Å². The lowest BCUT2D eigenvalue weighted by Gasteiger charge is -2.05. The van der Waals surface area contributed by atoms with Crippen LogP contribution >= 0.6 is 11.3 Å². The largest absolute Gasteiger partial charge is 0.381 e. The van der Waals surface area contributed by atoms with E-state index in [1.54, 1.807) is 29.9 Å². The summed E-state index contributed by atoms with van der Waals surface area (Å²) >= 11 is 1.62. The molecule has 0 fully saturated rings. The highest BCUT2D eigenvalue weighted by Crippen LogP contribution is 2.27. The van der Waals surface area contributed by atoms with Crippen molar-refractivity contribution in [3.8, 4) is 0 Å². The van der Waals surface area contributed by atoms with E-state index in [9.17, 15) is 5.11 Å². The third-order valence-electron chi connectivity index (χ3n) is 2.16. The standard InChI is InChI=1S/C11H12N2OS/c1-2-8-3-4-10(15-8)11(14)9-7-12-5-6-13-9/h3-7,11,14H,2H2,1H3. The van der Waals surface area contributed by atoms with E-state index in [1.165, 1.54) is 4.88 Å². The van der Waals surface area contributed by atoms with Gasteiger partial charge in [0, 0.05) is 22.1 Å². The van der Waals surface area contributed by atoms with Gasteiger partial charge in [0.25, 0.3) is 0 Å². The van der Waals surface area contributed by atoms with Gasteiger partial charge in [-0.3, -0.25) is 9.97 Å². The second-order valence-corrected chi connectivity index (χ2v) is 4.39. The molecule has 2 aromatic rings. The summed E-state index contributed by atoms with van der Waals surface area (Å²) in [5, 5.41) is 10.0. The lowest BCUT2D eigenvalue weighted by atomic mass is 10.2. The van der Waals surface area contributed by atoms with Gasteiger partial charge in [-0.25, -0.2) is 0 Å². The number of thiophene rings is 1. The lowest BCUT2D eigenvalue weighted by molar-refractivity contribution is 0.218. The molecule has 0 aromatic carbocycles. The van der Waals surface area contributed by atoms with Crippen molar-refractivity contribution >= 4 is 11.3 Å². The van der Waals surface area contributed by atoms with Crippen molar-refractivity contribution in [1.82, 2.24) is 9.97 Å².